The molecule has 0 spiro atoms. The number of hydrogen-bond donors (Lipinski definition) is 1. The van der Waals surface area contributed by atoms with Crippen LogP contribution in [0.25, 0.3) is 28.1 Å². The number of benzene rings is 2. The van der Waals surface area contributed by atoms with Crippen LogP contribution in [0.5, 0.6) is 5.75 Å². The third kappa shape index (κ3) is 4.49. The van der Waals surface area contributed by atoms with Gasteiger partial charge in [-0.15, -0.1) is 0 Å². The number of aromatic nitrogens is 3. The van der Waals surface area contributed by atoms with E-state index in [4.69, 9.17) is 14.8 Å². The summed E-state index contributed by atoms with van der Waals surface area (Å²) in [6, 6.07) is 19.9. The number of aliphatic carboxylic acids is 1. The second kappa shape index (κ2) is 9.22. The van der Waals surface area contributed by atoms with Crippen LogP contribution in [0.15, 0.2) is 73.1 Å². The largest absolute Gasteiger partial charge is 0.494 e. The number of rotatable bonds is 9. The number of para-hydroxylation sites is 1. The maximum absolute atomic E-state index is 10.6. The van der Waals surface area contributed by atoms with Crippen LogP contribution in [-0.4, -0.2) is 32.2 Å². The van der Waals surface area contributed by atoms with Crippen LogP contribution >= 0.6 is 0 Å². The number of unbranched alkanes of at least 4 members (excludes halogenated alkanes) is 2. The van der Waals surface area contributed by atoms with Crippen molar-refractivity contribution in [2.24, 2.45) is 0 Å². The maximum Gasteiger partial charge on any atom is 0.303 e. The molecule has 0 saturated heterocycles. The maximum atomic E-state index is 10.6. The van der Waals surface area contributed by atoms with Gasteiger partial charge in [0.25, 0.3) is 0 Å². The highest BCUT2D eigenvalue weighted by Crippen LogP contribution is 2.30. The van der Waals surface area contributed by atoms with Crippen LogP contribution in [0.4, 0.5) is 0 Å². The van der Waals surface area contributed by atoms with Crippen LogP contribution < -0.4 is 4.74 Å². The zero-order chi connectivity index (χ0) is 20.8. The summed E-state index contributed by atoms with van der Waals surface area (Å²) in [4.78, 5) is 19.7. The summed E-state index contributed by atoms with van der Waals surface area (Å²) >= 11 is 0. The molecule has 6 nitrogen and oxygen atoms in total. The Morgan fingerprint density at radius 1 is 1.00 bits per heavy atom. The van der Waals surface area contributed by atoms with Crippen molar-refractivity contribution in [2.45, 2.75) is 25.7 Å². The third-order valence-electron chi connectivity index (χ3n) is 4.86. The SMILES string of the molecule is O=C(O)CCCCCOc1ccc2nc(-c3cccnc3)n(-c3ccccc3)c2c1. The molecule has 2 heterocycles. The van der Waals surface area contributed by atoms with Gasteiger partial charge < -0.3 is 9.84 Å². The first-order valence-corrected chi connectivity index (χ1v) is 10.1. The van der Waals surface area contributed by atoms with E-state index in [-0.39, 0.29) is 6.42 Å². The van der Waals surface area contributed by atoms with Crippen molar-refractivity contribution in [3.05, 3.63) is 73.1 Å². The molecule has 152 valence electrons. The first-order chi connectivity index (χ1) is 14.7. The standard InChI is InChI=1S/C24H23N3O3/c28-23(29)11-5-2-6-15-30-20-12-13-21-22(16-20)27(19-9-3-1-4-10-19)24(26-21)18-8-7-14-25-17-18/h1,3-4,7-10,12-14,16-17H,2,5-6,11,15H2,(H,28,29). The van der Waals surface area contributed by atoms with Crippen molar-refractivity contribution in [1.29, 1.82) is 0 Å². The summed E-state index contributed by atoms with van der Waals surface area (Å²) in [6.07, 6.45) is 6.11. The lowest BCUT2D eigenvalue weighted by molar-refractivity contribution is -0.137. The van der Waals surface area contributed by atoms with Crippen LogP contribution in [0.1, 0.15) is 25.7 Å². The predicted octanol–water partition coefficient (Wildman–Crippen LogP) is 5.11. The topological polar surface area (TPSA) is 77.2 Å². The molecular weight excluding hydrogens is 378 g/mol. The van der Waals surface area contributed by atoms with Gasteiger partial charge in [0.15, 0.2) is 0 Å². The molecule has 2 aromatic carbocycles. The molecule has 2 aromatic heterocycles. The first kappa shape index (κ1) is 19.6. The van der Waals surface area contributed by atoms with Gasteiger partial charge in [0.05, 0.1) is 17.6 Å². The van der Waals surface area contributed by atoms with Gasteiger partial charge in [0.1, 0.15) is 11.6 Å². The van der Waals surface area contributed by atoms with Crippen molar-refractivity contribution >= 4 is 17.0 Å². The minimum absolute atomic E-state index is 0.208. The van der Waals surface area contributed by atoms with Gasteiger partial charge in [0, 0.05) is 36.1 Å². The van der Waals surface area contributed by atoms with E-state index < -0.39 is 5.97 Å². The van der Waals surface area contributed by atoms with E-state index in [1.807, 2.05) is 54.7 Å². The lowest BCUT2D eigenvalue weighted by Crippen LogP contribution is -2.00. The molecule has 0 aliphatic rings. The molecule has 0 aliphatic carbocycles. The number of ether oxygens (including phenoxy) is 1. The van der Waals surface area contributed by atoms with Gasteiger partial charge in [-0.25, -0.2) is 4.98 Å². The first-order valence-electron chi connectivity index (χ1n) is 10.1. The average molecular weight is 401 g/mol. The van der Waals surface area contributed by atoms with Gasteiger partial charge in [-0.05, 0) is 55.7 Å². The average Bonchev–Trinajstić information content (AvgIpc) is 3.16. The Hall–Kier alpha value is -3.67. The van der Waals surface area contributed by atoms with E-state index in [9.17, 15) is 4.79 Å². The molecule has 0 unspecified atom stereocenters. The molecule has 1 N–H and O–H groups in total. The fourth-order valence-electron chi connectivity index (χ4n) is 3.42. The Labute approximate surface area is 174 Å². The van der Waals surface area contributed by atoms with Crippen LogP contribution in [0, 0.1) is 0 Å². The number of fused-ring (bicyclic) bond motifs is 1. The summed E-state index contributed by atoms with van der Waals surface area (Å²) in [5.74, 6) is 0.852. The smallest absolute Gasteiger partial charge is 0.303 e. The number of carbonyl (C=O) groups is 1. The monoisotopic (exact) mass is 401 g/mol. The number of carboxylic acids is 1. The summed E-state index contributed by atoms with van der Waals surface area (Å²) in [5.41, 5.74) is 3.80. The second-order valence-electron chi connectivity index (χ2n) is 7.05. The molecule has 0 bridgehead atoms. The Kier molecular flexibility index (Phi) is 6.03. The molecule has 4 aromatic rings. The molecule has 6 heteroatoms. The molecule has 0 amide bonds. The molecule has 4 rings (SSSR count). The van der Waals surface area contributed by atoms with Gasteiger partial charge in [-0.3, -0.25) is 14.3 Å². The normalized spacial score (nSPS) is 10.9. The number of hydrogen-bond acceptors (Lipinski definition) is 4. The van der Waals surface area contributed by atoms with Gasteiger partial charge in [-0.2, -0.15) is 0 Å². The molecule has 0 saturated carbocycles. The minimum Gasteiger partial charge on any atom is -0.494 e. The van der Waals surface area contributed by atoms with Crippen molar-refractivity contribution in [3.8, 4) is 22.8 Å². The second-order valence-corrected chi connectivity index (χ2v) is 7.05. The van der Waals surface area contributed by atoms with E-state index in [0.29, 0.717) is 13.0 Å². The molecule has 0 fully saturated rings. The molecule has 0 radical (unpaired) electrons. The van der Waals surface area contributed by atoms with E-state index in [1.165, 1.54) is 0 Å². The van der Waals surface area contributed by atoms with E-state index in [2.05, 4.69) is 21.7 Å². The fraction of sp³-hybridized carbons (Fsp3) is 0.208. The highest BCUT2D eigenvalue weighted by molar-refractivity contribution is 5.84. The summed E-state index contributed by atoms with van der Waals surface area (Å²) in [5, 5.41) is 8.71. The summed E-state index contributed by atoms with van der Waals surface area (Å²) in [6.45, 7) is 0.556. The molecular formula is C24H23N3O3. The molecule has 0 aliphatic heterocycles. The number of carboxylic acid groups (broad SMARTS) is 1. The summed E-state index contributed by atoms with van der Waals surface area (Å²) in [7, 11) is 0. The van der Waals surface area contributed by atoms with Crippen molar-refractivity contribution in [3.63, 3.8) is 0 Å². The Morgan fingerprint density at radius 3 is 2.63 bits per heavy atom. The Bertz CT molecular complexity index is 1120. The fourth-order valence-corrected chi connectivity index (χ4v) is 3.42. The van der Waals surface area contributed by atoms with Gasteiger partial charge in [0.2, 0.25) is 0 Å². The Balaban J connectivity index is 1.62. The highest BCUT2D eigenvalue weighted by Gasteiger charge is 2.15. The lowest BCUT2D eigenvalue weighted by Gasteiger charge is -2.10. The van der Waals surface area contributed by atoms with E-state index in [1.54, 1.807) is 6.20 Å². The van der Waals surface area contributed by atoms with E-state index in [0.717, 1.165) is 46.7 Å². The van der Waals surface area contributed by atoms with Crippen molar-refractivity contribution in [2.75, 3.05) is 6.61 Å². The van der Waals surface area contributed by atoms with Gasteiger partial charge in [-0.1, -0.05) is 18.2 Å². The number of pyridine rings is 1. The Morgan fingerprint density at radius 2 is 1.87 bits per heavy atom. The van der Waals surface area contributed by atoms with Crippen LogP contribution in [0.3, 0.4) is 0 Å². The summed E-state index contributed by atoms with van der Waals surface area (Å²) < 4.78 is 8.04. The van der Waals surface area contributed by atoms with Gasteiger partial charge >= 0.3 is 5.97 Å². The molecule has 30 heavy (non-hydrogen) atoms. The zero-order valence-electron chi connectivity index (χ0n) is 16.6. The van der Waals surface area contributed by atoms with Crippen molar-refractivity contribution in [1.82, 2.24) is 14.5 Å². The minimum atomic E-state index is -0.750. The van der Waals surface area contributed by atoms with Crippen LogP contribution in [0.2, 0.25) is 0 Å². The zero-order valence-corrected chi connectivity index (χ0v) is 16.6. The predicted molar refractivity (Wildman–Crippen MR) is 116 cm³/mol. The number of imidazole rings is 1. The van der Waals surface area contributed by atoms with Crippen LogP contribution in [-0.2, 0) is 4.79 Å². The lowest BCUT2D eigenvalue weighted by atomic mass is 10.2. The quantitative estimate of drug-likeness (QED) is 0.394. The number of nitrogens with zero attached hydrogens (tertiary/aromatic N) is 3. The third-order valence-corrected chi connectivity index (χ3v) is 4.86. The molecule has 0 atom stereocenters. The van der Waals surface area contributed by atoms with Crippen molar-refractivity contribution < 1.29 is 14.6 Å². The highest BCUT2D eigenvalue weighted by atomic mass is 16.5. The van der Waals surface area contributed by atoms with E-state index >= 15 is 0 Å².